The van der Waals surface area contributed by atoms with Crippen molar-refractivity contribution in [2.24, 2.45) is 7.05 Å². The first-order valence-corrected chi connectivity index (χ1v) is 7.87. The highest BCUT2D eigenvalue weighted by atomic mass is 79.9. The number of hydrogen-bond donors (Lipinski definition) is 0. The van der Waals surface area contributed by atoms with Gasteiger partial charge in [-0.1, -0.05) is 22.9 Å². The van der Waals surface area contributed by atoms with Gasteiger partial charge in [0.1, 0.15) is 0 Å². The third-order valence-corrected chi connectivity index (χ3v) is 4.00. The highest BCUT2D eigenvalue weighted by molar-refractivity contribution is 9.09. The molecular weight excluding hydrogens is 292 g/mol. The zero-order chi connectivity index (χ0) is 13.0. The molecule has 0 unspecified atom stereocenters. The van der Waals surface area contributed by atoms with Crippen LogP contribution in [0.3, 0.4) is 0 Å². The number of piperazine rings is 1. The normalized spacial score (nSPS) is 18.4. The highest BCUT2D eigenvalue weighted by Gasteiger charge is 2.17. The van der Waals surface area contributed by atoms with Crippen molar-refractivity contribution in [1.29, 1.82) is 0 Å². The molecule has 0 saturated carbocycles. The molecule has 1 aliphatic heterocycles. The van der Waals surface area contributed by atoms with Gasteiger partial charge in [0.05, 0.1) is 11.4 Å². The van der Waals surface area contributed by atoms with Crippen molar-refractivity contribution in [3.63, 3.8) is 0 Å². The Morgan fingerprint density at radius 1 is 1.22 bits per heavy atom. The second kappa shape index (κ2) is 6.68. The SMILES string of the molecule is CCc1cc(CN2CCN(CCBr)CC2)n(C)n1. The third kappa shape index (κ3) is 3.56. The van der Waals surface area contributed by atoms with Crippen molar-refractivity contribution in [3.8, 4) is 0 Å². The van der Waals surface area contributed by atoms with Gasteiger partial charge in [-0.05, 0) is 12.5 Å². The summed E-state index contributed by atoms with van der Waals surface area (Å²) in [5, 5.41) is 5.59. The van der Waals surface area contributed by atoms with E-state index in [2.05, 4.69) is 50.9 Å². The minimum atomic E-state index is 1.02. The highest BCUT2D eigenvalue weighted by Crippen LogP contribution is 2.10. The predicted molar refractivity (Wildman–Crippen MR) is 78.1 cm³/mol. The molecule has 1 saturated heterocycles. The van der Waals surface area contributed by atoms with E-state index in [-0.39, 0.29) is 0 Å². The van der Waals surface area contributed by atoms with E-state index in [4.69, 9.17) is 0 Å². The van der Waals surface area contributed by atoms with Gasteiger partial charge in [0.2, 0.25) is 0 Å². The molecule has 0 spiro atoms. The lowest BCUT2D eigenvalue weighted by Crippen LogP contribution is -2.46. The van der Waals surface area contributed by atoms with Crippen molar-refractivity contribution >= 4 is 15.9 Å². The van der Waals surface area contributed by atoms with E-state index in [0.717, 1.165) is 18.3 Å². The van der Waals surface area contributed by atoms with Crippen molar-refractivity contribution in [2.75, 3.05) is 38.1 Å². The fraction of sp³-hybridized carbons (Fsp3) is 0.769. The largest absolute Gasteiger partial charge is 0.300 e. The minimum Gasteiger partial charge on any atom is -0.300 e. The zero-order valence-electron chi connectivity index (χ0n) is 11.4. The standard InChI is InChI=1S/C13H23BrN4/c1-3-12-10-13(16(2)15-12)11-18-8-6-17(5-4-14)7-9-18/h10H,3-9,11H2,1-2H3. The number of aryl methyl sites for hydroxylation is 2. The number of hydrogen-bond acceptors (Lipinski definition) is 3. The zero-order valence-corrected chi connectivity index (χ0v) is 13.0. The van der Waals surface area contributed by atoms with Crippen LogP contribution in [0.15, 0.2) is 6.07 Å². The Kier molecular flexibility index (Phi) is 5.21. The molecular formula is C13H23BrN4. The van der Waals surface area contributed by atoms with Crippen LogP contribution in [0, 0.1) is 0 Å². The third-order valence-electron chi connectivity index (χ3n) is 3.64. The average Bonchev–Trinajstić information content (AvgIpc) is 2.73. The smallest absolute Gasteiger partial charge is 0.0625 e. The maximum absolute atomic E-state index is 4.51. The first-order valence-electron chi connectivity index (χ1n) is 6.75. The van der Waals surface area contributed by atoms with Crippen LogP contribution in [0.1, 0.15) is 18.3 Å². The van der Waals surface area contributed by atoms with Gasteiger partial charge in [-0.3, -0.25) is 14.5 Å². The van der Waals surface area contributed by atoms with Gasteiger partial charge in [-0.25, -0.2) is 0 Å². The number of nitrogens with zero attached hydrogens (tertiary/aromatic N) is 4. The van der Waals surface area contributed by atoms with Gasteiger partial charge in [-0.15, -0.1) is 0 Å². The summed E-state index contributed by atoms with van der Waals surface area (Å²) in [5.41, 5.74) is 2.53. The van der Waals surface area contributed by atoms with Crippen LogP contribution in [-0.4, -0.2) is 57.6 Å². The molecule has 18 heavy (non-hydrogen) atoms. The van der Waals surface area contributed by atoms with Gasteiger partial charge in [0.25, 0.3) is 0 Å². The van der Waals surface area contributed by atoms with Crippen LogP contribution in [0.2, 0.25) is 0 Å². The van der Waals surface area contributed by atoms with Gasteiger partial charge in [0.15, 0.2) is 0 Å². The van der Waals surface area contributed by atoms with E-state index in [1.54, 1.807) is 0 Å². The number of rotatable bonds is 5. The number of aromatic nitrogens is 2. The fourth-order valence-corrected chi connectivity index (χ4v) is 2.91. The van der Waals surface area contributed by atoms with E-state index >= 15 is 0 Å². The van der Waals surface area contributed by atoms with Gasteiger partial charge in [0, 0.05) is 51.6 Å². The van der Waals surface area contributed by atoms with Crippen LogP contribution in [0.25, 0.3) is 0 Å². The minimum absolute atomic E-state index is 1.02. The lowest BCUT2D eigenvalue weighted by molar-refractivity contribution is 0.131. The van der Waals surface area contributed by atoms with Crippen LogP contribution in [0.5, 0.6) is 0 Å². The predicted octanol–water partition coefficient (Wildman–Crippen LogP) is 1.49. The quantitative estimate of drug-likeness (QED) is 0.770. The summed E-state index contributed by atoms with van der Waals surface area (Å²) in [6.07, 6.45) is 1.02. The number of alkyl halides is 1. The monoisotopic (exact) mass is 314 g/mol. The molecule has 0 aromatic carbocycles. The van der Waals surface area contributed by atoms with Crippen LogP contribution in [0.4, 0.5) is 0 Å². The Labute approximate surface area is 118 Å². The Balaban J connectivity index is 1.85. The molecule has 0 atom stereocenters. The Morgan fingerprint density at radius 2 is 1.89 bits per heavy atom. The maximum Gasteiger partial charge on any atom is 0.0625 e. The summed E-state index contributed by atoms with van der Waals surface area (Å²) in [5.74, 6) is 0. The second-order valence-electron chi connectivity index (χ2n) is 4.91. The van der Waals surface area contributed by atoms with Crippen molar-refractivity contribution in [1.82, 2.24) is 19.6 Å². The van der Waals surface area contributed by atoms with Crippen LogP contribution < -0.4 is 0 Å². The van der Waals surface area contributed by atoms with Crippen molar-refractivity contribution in [2.45, 2.75) is 19.9 Å². The fourth-order valence-electron chi connectivity index (χ4n) is 2.41. The molecule has 5 heteroatoms. The Bertz CT molecular complexity index is 369. The summed E-state index contributed by atoms with van der Waals surface area (Å²) in [4.78, 5) is 5.05. The summed E-state index contributed by atoms with van der Waals surface area (Å²) in [6, 6.07) is 2.24. The van der Waals surface area contributed by atoms with E-state index in [9.17, 15) is 0 Å². The molecule has 4 nitrogen and oxygen atoms in total. The molecule has 2 rings (SSSR count). The van der Waals surface area contributed by atoms with E-state index in [0.29, 0.717) is 0 Å². The maximum atomic E-state index is 4.51. The molecule has 0 N–H and O–H groups in total. The van der Waals surface area contributed by atoms with Gasteiger partial charge < -0.3 is 0 Å². The molecule has 0 radical (unpaired) electrons. The van der Waals surface area contributed by atoms with Crippen molar-refractivity contribution < 1.29 is 0 Å². The molecule has 0 amide bonds. The molecule has 0 aliphatic carbocycles. The van der Waals surface area contributed by atoms with Crippen LogP contribution in [-0.2, 0) is 20.0 Å². The molecule has 1 aromatic heterocycles. The summed E-state index contributed by atoms with van der Waals surface area (Å²) < 4.78 is 2.03. The van der Waals surface area contributed by atoms with E-state index in [1.807, 2.05) is 4.68 Å². The topological polar surface area (TPSA) is 24.3 Å². The molecule has 0 bridgehead atoms. The molecule has 1 aliphatic rings. The average molecular weight is 315 g/mol. The van der Waals surface area contributed by atoms with Crippen molar-refractivity contribution in [3.05, 3.63) is 17.5 Å². The molecule has 1 aromatic rings. The first kappa shape index (κ1) is 14.0. The number of halogens is 1. The lowest BCUT2D eigenvalue weighted by Gasteiger charge is -2.34. The lowest BCUT2D eigenvalue weighted by atomic mass is 10.2. The second-order valence-corrected chi connectivity index (χ2v) is 5.70. The molecule has 102 valence electrons. The first-order chi connectivity index (χ1) is 8.72. The van der Waals surface area contributed by atoms with Crippen LogP contribution >= 0.6 is 15.9 Å². The summed E-state index contributed by atoms with van der Waals surface area (Å²) in [7, 11) is 2.05. The summed E-state index contributed by atoms with van der Waals surface area (Å²) in [6.45, 7) is 9.06. The Morgan fingerprint density at radius 3 is 2.44 bits per heavy atom. The summed E-state index contributed by atoms with van der Waals surface area (Å²) >= 11 is 3.51. The molecule has 1 fully saturated rings. The van der Waals surface area contributed by atoms with E-state index in [1.165, 1.54) is 44.1 Å². The van der Waals surface area contributed by atoms with E-state index < -0.39 is 0 Å². The molecule has 2 heterocycles. The Hall–Kier alpha value is -0.390. The van der Waals surface area contributed by atoms with Gasteiger partial charge >= 0.3 is 0 Å². The van der Waals surface area contributed by atoms with Gasteiger partial charge in [-0.2, -0.15) is 5.10 Å².